The number of nitrogens with zero attached hydrogens (tertiary/aromatic N) is 2. The van der Waals surface area contributed by atoms with Crippen LogP contribution in [0.5, 0.6) is 0 Å². The number of hydrogen-bond donors (Lipinski definition) is 1. The van der Waals surface area contributed by atoms with Crippen LogP contribution in [-0.4, -0.2) is 27.8 Å². The van der Waals surface area contributed by atoms with Gasteiger partial charge in [-0.25, -0.2) is 4.68 Å². The number of rotatable bonds is 8. The Bertz CT molecular complexity index is 493. The van der Waals surface area contributed by atoms with Crippen molar-refractivity contribution in [3.8, 4) is 5.69 Å². The topological polar surface area (TPSA) is 29.9 Å². The van der Waals surface area contributed by atoms with Gasteiger partial charge in [-0.3, -0.25) is 0 Å². The standard InChI is InChI=1S/C15H19N3S/c1-2-9-19-10-8-16-11-14-12-17-18(13-14)15-6-4-3-5-7-15/h2-7,12-13,16H,1,8-11H2. The lowest BCUT2D eigenvalue weighted by atomic mass is 10.3. The summed E-state index contributed by atoms with van der Waals surface area (Å²) < 4.78 is 1.91. The zero-order chi connectivity index (χ0) is 13.3. The van der Waals surface area contributed by atoms with Crippen molar-refractivity contribution < 1.29 is 0 Å². The van der Waals surface area contributed by atoms with Crippen molar-refractivity contribution in [2.75, 3.05) is 18.1 Å². The van der Waals surface area contributed by atoms with E-state index >= 15 is 0 Å². The van der Waals surface area contributed by atoms with E-state index in [4.69, 9.17) is 0 Å². The Kier molecular flexibility index (Phi) is 5.72. The monoisotopic (exact) mass is 273 g/mol. The van der Waals surface area contributed by atoms with Crippen LogP contribution in [0.25, 0.3) is 5.69 Å². The van der Waals surface area contributed by atoms with E-state index in [-0.39, 0.29) is 0 Å². The Morgan fingerprint density at radius 1 is 1.32 bits per heavy atom. The molecule has 1 aromatic heterocycles. The van der Waals surface area contributed by atoms with E-state index in [1.807, 2.05) is 46.9 Å². The number of para-hydroxylation sites is 1. The summed E-state index contributed by atoms with van der Waals surface area (Å²) in [6.45, 7) is 5.58. The molecule has 0 aliphatic rings. The molecule has 4 heteroatoms. The van der Waals surface area contributed by atoms with Crippen molar-refractivity contribution in [3.63, 3.8) is 0 Å². The lowest BCUT2D eigenvalue weighted by Crippen LogP contribution is -2.16. The third-order valence-electron chi connectivity index (χ3n) is 2.64. The van der Waals surface area contributed by atoms with Gasteiger partial charge in [0.1, 0.15) is 0 Å². The zero-order valence-corrected chi connectivity index (χ0v) is 11.8. The second-order valence-electron chi connectivity index (χ2n) is 4.17. The summed E-state index contributed by atoms with van der Waals surface area (Å²) in [5.74, 6) is 2.13. The van der Waals surface area contributed by atoms with E-state index < -0.39 is 0 Å². The predicted octanol–water partition coefficient (Wildman–Crippen LogP) is 2.88. The van der Waals surface area contributed by atoms with E-state index in [9.17, 15) is 0 Å². The highest BCUT2D eigenvalue weighted by atomic mass is 32.2. The van der Waals surface area contributed by atoms with Gasteiger partial charge >= 0.3 is 0 Å². The number of hydrogen-bond acceptors (Lipinski definition) is 3. The van der Waals surface area contributed by atoms with Crippen molar-refractivity contribution in [1.82, 2.24) is 15.1 Å². The van der Waals surface area contributed by atoms with Gasteiger partial charge in [0.25, 0.3) is 0 Å². The van der Waals surface area contributed by atoms with Crippen LogP contribution in [0, 0.1) is 0 Å². The maximum atomic E-state index is 4.37. The molecule has 0 atom stereocenters. The molecule has 0 amide bonds. The maximum absolute atomic E-state index is 4.37. The molecule has 100 valence electrons. The van der Waals surface area contributed by atoms with Gasteiger partial charge in [0, 0.05) is 36.4 Å². The summed E-state index contributed by atoms with van der Waals surface area (Å²) in [5, 5.41) is 7.79. The van der Waals surface area contributed by atoms with E-state index in [0.717, 1.165) is 30.3 Å². The van der Waals surface area contributed by atoms with Gasteiger partial charge in [0.2, 0.25) is 0 Å². The fourth-order valence-corrected chi connectivity index (χ4v) is 2.34. The van der Waals surface area contributed by atoms with Gasteiger partial charge in [0.15, 0.2) is 0 Å². The van der Waals surface area contributed by atoms with Crippen LogP contribution in [0.2, 0.25) is 0 Å². The molecular weight excluding hydrogens is 254 g/mol. The predicted molar refractivity (Wildman–Crippen MR) is 82.8 cm³/mol. The van der Waals surface area contributed by atoms with Gasteiger partial charge < -0.3 is 5.32 Å². The van der Waals surface area contributed by atoms with Gasteiger partial charge in [-0.1, -0.05) is 24.3 Å². The number of nitrogens with one attached hydrogen (secondary N) is 1. The normalized spacial score (nSPS) is 10.5. The van der Waals surface area contributed by atoms with Crippen molar-refractivity contribution >= 4 is 11.8 Å². The Labute approximate surface area is 118 Å². The van der Waals surface area contributed by atoms with Crippen molar-refractivity contribution in [2.24, 2.45) is 0 Å². The number of aromatic nitrogens is 2. The lowest BCUT2D eigenvalue weighted by molar-refractivity contribution is 0.732. The highest BCUT2D eigenvalue weighted by molar-refractivity contribution is 7.99. The summed E-state index contributed by atoms with van der Waals surface area (Å²) >= 11 is 1.89. The zero-order valence-electron chi connectivity index (χ0n) is 11.0. The average molecular weight is 273 g/mol. The molecule has 1 aromatic carbocycles. The minimum atomic E-state index is 0.863. The van der Waals surface area contributed by atoms with Crippen molar-refractivity contribution in [2.45, 2.75) is 6.54 Å². The molecule has 1 heterocycles. The van der Waals surface area contributed by atoms with Crippen LogP contribution < -0.4 is 5.32 Å². The highest BCUT2D eigenvalue weighted by Gasteiger charge is 1.99. The average Bonchev–Trinajstić information content (AvgIpc) is 2.92. The summed E-state index contributed by atoms with van der Waals surface area (Å²) in [5.41, 5.74) is 2.30. The highest BCUT2D eigenvalue weighted by Crippen LogP contribution is 2.07. The van der Waals surface area contributed by atoms with E-state index in [2.05, 4.69) is 35.3 Å². The first-order valence-electron chi connectivity index (χ1n) is 6.38. The van der Waals surface area contributed by atoms with Crippen LogP contribution >= 0.6 is 11.8 Å². The van der Waals surface area contributed by atoms with Gasteiger partial charge in [-0.15, -0.1) is 6.58 Å². The molecule has 0 aliphatic carbocycles. The fourth-order valence-electron chi connectivity index (χ4n) is 1.72. The second kappa shape index (κ2) is 7.81. The first-order chi connectivity index (χ1) is 9.40. The summed E-state index contributed by atoms with van der Waals surface area (Å²) in [7, 11) is 0. The molecule has 0 saturated heterocycles. The first kappa shape index (κ1) is 13.9. The molecule has 0 saturated carbocycles. The third-order valence-corrected chi connectivity index (χ3v) is 3.61. The van der Waals surface area contributed by atoms with E-state index in [0.29, 0.717) is 0 Å². The summed E-state index contributed by atoms with van der Waals surface area (Å²) in [6, 6.07) is 10.2. The van der Waals surface area contributed by atoms with Crippen LogP contribution in [0.15, 0.2) is 55.4 Å². The Balaban J connectivity index is 1.77. The molecule has 2 rings (SSSR count). The molecule has 19 heavy (non-hydrogen) atoms. The van der Waals surface area contributed by atoms with E-state index in [1.165, 1.54) is 5.56 Å². The SMILES string of the molecule is C=CCSCCNCc1cnn(-c2ccccc2)c1. The molecule has 0 fully saturated rings. The lowest BCUT2D eigenvalue weighted by Gasteiger charge is -2.02. The molecule has 0 bridgehead atoms. The molecule has 0 spiro atoms. The molecule has 2 aromatic rings. The van der Waals surface area contributed by atoms with Crippen LogP contribution in [0.4, 0.5) is 0 Å². The Morgan fingerprint density at radius 3 is 2.95 bits per heavy atom. The van der Waals surface area contributed by atoms with Gasteiger partial charge in [-0.05, 0) is 12.1 Å². The molecular formula is C15H19N3S. The fraction of sp³-hybridized carbons (Fsp3) is 0.267. The largest absolute Gasteiger partial charge is 0.312 e. The Hall–Kier alpha value is -1.52. The van der Waals surface area contributed by atoms with Crippen molar-refractivity contribution in [3.05, 3.63) is 60.9 Å². The quantitative estimate of drug-likeness (QED) is 0.592. The molecule has 3 nitrogen and oxygen atoms in total. The van der Waals surface area contributed by atoms with E-state index in [1.54, 1.807) is 0 Å². The van der Waals surface area contributed by atoms with Crippen LogP contribution in [0.3, 0.4) is 0 Å². The minimum Gasteiger partial charge on any atom is -0.312 e. The van der Waals surface area contributed by atoms with Crippen LogP contribution in [0.1, 0.15) is 5.56 Å². The summed E-state index contributed by atoms with van der Waals surface area (Å²) in [6.07, 6.45) is 5.92. The second-order valence-corrected chi connectivity index (χ2v) is 5.32. The smallest absolute Gasteiger partial charge is 0.0645 e. The summed E-state index contributed by atoms with van der Waals surface area (Å²) in [4.78, 5) is 0. The Morgan fingerprint density at radius 2 is 2.16 bits per heavy atom. The van der Waals surface area contributed by atoms with Crippen LogP contribution in [-0.2, 0) is 6.54 Å². The minimum absolute atomic E-state index is 0.863. The van der Waals surface area contributed by atoms with Crippen molar-refractivity contribution in [1.29, 1.82) is 0 Å². The molecule has 1 N–H and O–H groups in total. The number of thioether (sulfide) groups is 1. The van der Waals surface area contributed by atoms with Gasteiger partial charge in [-0.2, -0.15) is 16.9 Å². The first-order valence-corrected chi connectivity index (χ1v) is 7.54. The number of benzene rings is 1. The molecule has 0 aliphatic heterocycles. The third kappa shape index (κ3) is 4.58. The molecule has 0 radical (unpaired) electrons. The maximum Gasteiger partial charge on any atom is 0.0645 e. The van der Waals surface area contributed by atoms with Gasteiger partial charge in [0.05, 0.1) is 11.9 Å². The molecule has 0 unspecified atom stereocenters.